The van der Waals surface area contributed by atoms with E-state index in [0.717, 1.165) is 16.8 Å². The summed E-state index contributed by atoms with van der Waals surface area (Å²) in [5.74, 6) is -0.529. The molecule has 0 spiro atoms. The summed E-state index contributed by atoms with van der Waals surface area (Å²) in [6.45, 7) is 2.56. The fourth-order valence-corrected chi connectivity index (χ4v) is 3.77. The maximum atomic E-state index is 13.0. The molecule has 0 saturated heterocycles. The number of hydrogen-bond donors (Lipinski definition) is 2. The Kier molecular flexibility index (Phi) is 4.74. The monoisotopic (exact) mass is 459 g/mol. The van der Waals surface area contributed by atoms with Gasteiger partial charge < -0.3 is 14.8 Å². The quantitative estimate of drug-likeness (QED) is 0.418. The Morgan fingerprint density at radius 2 is 2.09 bits per heavy atom. The summed E-state index contributed by atoms with van der Waals surface area (Å²) >= 11 is 4.76. The van der Waals surface area contributed by atoms with E-state index >= 15 is 0 Å². The van der Waals surface area contributed by atoms with Crippen molar-refractivity contribution in [1.82, 2.24) is 19.7 Å². The number of nitrogens with zero attached hydrogens (tertiary/aromatic N) is 3. The Hall–Kier alpha value is -3.66. The van der Waals surface area contributed by atoms with Crippen molar-refractivity contribution < 1.29 is 23.0 Å². The number of halogens is 3. The number of fused-ring (bicyclic) bond motifs is 3. The van der Waals surface area contributed by atoms with Crippen molar-refractivity contribution in [3.8, 4) is 23.0 Å². The summed E-state index contributed by atoms with van der Waals surface area (Å²) in [6, 6.07) is 11.3. The van der Waals surface area contributed by atoms with E-state index in [1.165, 1.54) is 24.3 Å². The molecule has 0 saturated carbocycles. The van der Waals surface area contributed by atoms with Crippen LogP contribution < -0.4 is 14.8 Å². The van der Waals surface area contributed by atoms with E-state index in [2.05, 4.69) is 25.2 Å². The van der Waals surface area contributed by atoms with E-state index in [1.54, 1.807) is 18.3 Å². The van der Waals surface area contributed by atoms with Gasteiger partial charge in [-0.05, 0) is 49.4 Å². The molecule has 0 fully saturated rings. The van der Waals surface area contributed by atoms with Crippen LogP contribution >= 0.6 is 11.6 Å². The SMILES string of the molecule is C[C@@H]1COc2nc3cc(C(=O)Nc4ccc(OC(F)(F)Cl)cc4)cc(-c4ccn[nH]4)c3n21. The van der Waals surface area contributed by atoms with Crippen LogP contribution in [0.1, 0.15) is 23.3 Å². The number of nitrogens with one attached hydrogen (secondary N) is 2. The maximum Gasteiger partial charge on any atom is 0.487 e. The molecule has 32 heavy (non-hydrogen) atoms. The number of anilines is 1. The first-order valence-corrected chi connectivity index (χ1v) is 10.0. The topological polar surface area (TPSA) is 94.1 Å². The molecular formula is C21H16ClF2N5O3. The fourth-order valence-electron chi connectivity index (χ4n) is 3.68. The lowest BCUT2D eigenvalue weighted by atomic mass is 10.0. The molecular weight excluding hydrogens is 444 g/mol. The number of imidazole rings is 1. The molecule has 0 bridgehead atoms. The van der Waals surface area contributed by atoms with Gasteiger partial charge in [0.05, 0.1) is 22.8 Å². The van der Waals surface area contributed by atoms with Crippen molar-refractivity contribution in [2.24, 2.45) is 0 Å². The molecule has 2 aromatic heterocycles. The van der Waals surface area contributed by atoms with Crippen LogP contribution in [0.3, 0.4) is 0 Å². The highest BCUT2D eigenvalue weighted by atomic mass is 35.5. The molecule has 5 rings (SSSR count). The third-order valence-electron chi connectivity index (χ3n) is 5.05. The second kappa shape index (κ2) is 7.49. The molecule has 1 amide bonds. The molecule has 0 aliphatic carbocycles. The van der Waals surface area contributed by atoms with Crippen molar-refractivity contribution in [3.05, 3.63) is 54.2 Å². The summed E-state index contributed by atoms with van der Waals surface area (Å²) in [7, 11) is 0. The molecule has 1 aliphatic rings. The number of amides is 1. The molecule has 0 unspecified atom stereocenters. The normalized spacial score (nSPS) is 15.4. The number of H-pyrrole nitrogens is 1. The van der Waals surface area contributed by atoms with Crippen molar-refractivity contribution in [2.45, 2.75) is 18.5 Å². The van der Waals surface area contributed by atoms with Crippen LogP contribution in [0.15, 0.2) is 48.7 Å². The van der Waals surface area contributed by atoms with Gasteiger partial charge in [0.1, 0.15) is 12.4 Å². The number of ether oxygens (including phenoxy) is 2. The standard InChI is InChI=1S/C21H16ClF2N5O3/c1-11-10-31-20-27-17-9-12(8-15(18(17)29(11)20)16-6-7-25-28-16)19(30)26-13-2-4-14(5-3-13)32-21(22,23)24/h2-9,11H,10H2,1H3,(H,25,28)(H,26,30)/t11-/m1/s1. The molecule has 8 nitrogen and oxygen atoms in total. The largest absolute Gasteiger partial charge is 0.487 e. The zero-order chi connectivity index (χ0) is 22.5. The van der Waals surface area contributed by atoms with Gasteiger partial charge in [0.15, 0.2) is 0 Å². The Labute approximate surface area is 185 Å². The third kappa shape index (κ3) is 3.73. The second-order valence-electron chi connectivity index (χ2n) is 7.31. The Morgan fingerprint density at radius 1 is 1.31 bits per heavy atom. The summed E-state index contributed by atoms with van der Waals surface area (Å²) in [4.78, 5) is 17.5. The number of aromatic amines is 1. The molecule has 1 aliphatic heterocycles. The van der Waals surface area contributed by atoms with Gasteiger partial charge in [-0.2, -0.15) is 10.1 Å². The van der Waals surface area contributed by atoms with Crippen LogP contribution in [0.25, 0.3) is 22.3 Å². The first kappa shape index (κ1) is 20.3. The highest BCUT2D eigenvalue weighted by molar-refractivity contribution is 6.20. The van der Waals surface area contributed by atoms with Gasteiger partial charge in [-0.3, -0.25) is 14.5 Å². The van der Waals surface area contributed by atoms with Crippen molar-refractivity contribution >= 4 is 34.2 Å². The number of aromatic nitrogens is 4. The molecule has 2 N–H and O–H groups in total. The van der Waals surface area contributed by atoms with E-state index in [0.29, 0.717) is 29.4 Å². The van der Waals surface area contributed by atoms with Crippen molar-refractivity contribution in [1.29, 1.82) is 0 Å². The molecule has 164 valence electrons. The first-order valence-electron chi connectivity index (χ1n) is 9.64. The third-order valence-corrected chi connectivity index (χ3v) is 5.12. The number of carbonyl (C=O) groups is 1. The number of benzene rings is 2. The van der Waals surface area contributed by atoms with Crippen LogP contribution in [0.2, 0.25) is 0 Å². The molecule has 4 aromatic rings. The lowest BCUT2D eigenvalue weighted by Gasteiger charge is -2.12. The predicted octanol–water partition coefficient (Wildman–Crippen LogP) is 4.80. The van der Waals surface area contributed by atoms with Gasteiger partial charge in [-0.15, -0.1) is 8.78 Å². The Bertz CT molecular complexity index is 1300. The van der Waals surface area contributed by atoms with Crippen LogP contribution in [-0.2, 0) is 0 Å². The average Bonchev–Trinajstić information content (AvgIpc) is 3.46. The maximum absolute atomic E-state index is 13.0. The van der Waals surface area contributed by atoms with Gasteiger partial charge in [-0.25, -0.2) is 0 Å². The molecule has 0 radical (unpaired) electrons. The second-order valence-corrected chi connectivity index (χ2v) is 7.75. The summed E-state index contributed by atoms with van der Waals surface area (Å²) in [6.07, 6.45) is 1.63. The number of hydrogen-bond acceptors (Lipinski definition) is 5. The van der Waals surface area contributed by atoms with Crippen LogP contribution in [0.4, 0.5) is 14.5 Å². The number of alkyl halides is 3. The van der Waals surface area contributed by atoms with Gasteiger partial charge in [0.25, 0.3) is 11.9 Å². The molecule has 2 aromatic carbocycles. The van der Waals surface area contributed by atoms with Gasteiger partial charge in [0, 0.05) is 34.6 Å². The Morgan fingerprint density at radius 3 is 2.78 bits per heavy atom. The highest BCUT2D eigenvalue weighted by Gasteiger charge is 2.28. The predicted molar refractivity (Wildman–Crippen MR) is 113 cm³/mol. The minimum Gasteiger partial charge on any atom is -0.462 e. The van der Waals surface area contributed by atoms with E-state index < -0.39 is 11.5 Å². The Balaban J connectivity index is 1.49. The molecule has 1 atom stereocenters. The van der Waals surface area contributed by atoms with Gasteiger partial charge in [0.2, 0.25) is 0 Å². The van der Waals surface area contributed by atoms with Crippen LogP contribution in [0, 0.1) is 0 Å². The number of carbonyl (C=O) groups excluding carboxylic acids is 1. The van der Waals surface area contributed by atoms with E-state index in [1.807, 2.05) is 17.6 Å². The lowest BCUT2D eigenvalue weighted by molar-refractivity contribution is -0.0964. The lowest BCUT2D eigenvalue weighted by Crippen LogP contribution is -2.16. The van der Waals surface area contributed by atoms with E-state index in [4.69, 9.17) is 16.3 Å². The van der Waals surface area contributed by atoms with Gasteiger partial charge >= 0.3 is 5.57 Å². The summed E-state index contributed by atoms with van der Waals surface area (Å²) < 4.78 is 37.4. The summed E-state index contributed by atoms with van der Waals surface area (Å²) in [5, 5.41) is 9.69. The van der Waals surface area contributed by atoms with Crippen LogP contribution in [0.5, 0.6) is 11.8 Å². The zero-order valence-corrected chi connectivity index (χ0v) is 17.4. The van der Waals surface area contributed by atoms with Gasteiger partial charge in [-0.1, -0.05) is 0 Å². The molecule has 11 heteroatoms. The van der Waals surface area contributed by atoms with Crippen molar-refractivity contribution in [3.63, 3.8) is 0 Å². The fraction of sp³-hybridized carbons (Fsp3) is 0.190. The number of rotatable bonds is 5. The minimum absolute atomic E-state index is 0.0949. The van der Waals surface area contributed by atoms with E-state index in [-0.39, 0.29) is 11.8 Å². The van der Waals surface area contributed by atoms with Crippen molar-refractivity contribution in [2.75, 3.05) is 11.9 Å². The van der Waals surface area contributed by atoms with E-state index in [9.17, 15) is 13.6 Å². The minimum atomic E-state index is -3.81. The average molecular weight is 460 g/mol. The zero-order valence-electron chi connectivity index (χ0n) is 16.6. The van der Waals surface area contributed by atoms with Crippen LogP contribution in [-0.4, -0.2) is 37.8 Å². The molecule has 3 heterocycles. The first-order chi connectivity index (χ1) is 15.3. The summed E-state index contributed by atoms with van der Waals surface area (Å²) in [5.41, 5.74) is -0.114. The highest BCUT2D eigenvalue weighted by Crippen LogP contribution is 2.37. The smallest absolute Gasteiger partial charge is 0.462 e.